The summed E-state index contributed by atoms with van der Waals surface area (Å²) in [5.41, 5.74) is 19.2. The molecule has 4 saturated carbocycles. The molecular weight excluding hydrogens is 663 g/mol. The van der Waals surface area contributed by atoms with E-state index >= 15 is 0 Å². The maximum atomic E-state index is 2.66. The molecule has 6 aromatic carbocycles. The number of benzene rings is 6. The van der Waals surface area contributed by atoms with Crippen LogP contribution in [0.15, 0.2) is 140 Å². The summed E-state index contributed by atoms with van der Waals surface area (Å²) in [6, 6.07) is 53.7. The lowest BCUT2D eigenvalue weighted by Gasteiger charge is -2.76. The van der Waals surface area contributed by atoms with Crippen molar-refractivity contribution in [1.29, 1.82) is 0 Å². The number of hydrogen-bond donors (Lipinski definition) is 0. The van der Waals surface area contributed by atoms with E-state index in [9.17, 15) is 0 Å². The van der Waals surface area contributed by atoms with Crippen LogP contribution in [0.25, 0.3) is 33.4 Å². The summed E-state index contributed by atoms with van der Waals surface area (Å²) in [5.74, 6) is 3.49. The number of para-hydroxylation sites is 1. The highest BCUT2D eigenvalue weighted by Gasteiger charge is 2.84. The zero-order valence-electron chi connectivity index (χ0n) is 32.8. The highest BCUT2D eigenvalue weighted by atomic mass is 15.1. The first-order valence-electron chi connectivity index (χ1n) is 21.2. The van der Waals surface area contributed by atoms with Crippen molar-refractivity contribution >= 4 is 17.1 Å². The minimum Gasteiger partial charge on any atom is -0.310 e. The SMILES string of the molecule is CC1(C)CCC(C)(C)c2c(-c3ccccc3N(c3ccc(-c4ccccc4)cc3)c3ccc4c(c3)C3(c5ccccc5-4)C4CC5CC6CC3C64C5)cccc21. The standard InChI is InChI=1S/C54H51N/c1-51(2)27-28-52(3,4)50-43(17-12-19-45(50)51)42-16-9-11-20-47(42)55(38-23-21-36(22-24-38)35-13-6-5-7-14-35)39-25-26-41-40-15-8-10-18-44(40)54(46(41)32-39)48-30-34-29-37-31-49(54)53(37,48)33-34/h5-26,32,34,37,48-49H,27-31,33H2,1-4H3. The number of nitrogens with zero attached hydrogens (tertiary/aromatic N) is 1. The topological polar surface area (TPSA) is 3.24 Å². The van der Waals surface area contributed by atoms with Gasteiger partial charge < -0.3 is 4.90 Å². The van der Waals surface area contributed by atoms with Gasteiger partial charge in [-0.2, -0.15) is 0 Å². The first kappa shape index (κ1) is 32.4. The minimum absolute atomic E-state index is 0.0872. The van der Waals surface area contributed by atoms with Gasteiger partial charge in [0.2, 0.25) is 0 Å². The van der Waals surface area contributed by atoms with Crippen LogP contribution in [0.2, 0.25) is 0 Å². The summed E-state index contributed by atoms with van der Waals surface area (Å²) in [7, 11) is 0. The Bertz CT molecular complexity index is 2540. The molecule has 0 aliphatic heterocycles. The van der Waals surface area contributed by atoms with Crippen LogP contribution in [0.3, 0.4) is 0 Å². The zero-order chi connectivity index (χ0) is 36.9. The summed E-state index contributed by atoms with van der Waals surface area (Å²) in [5, 5.41) is 0. The number of hydrogen-bond acceptors (Lipinski definition) is 1. The molecule has 1 nitrogen and oxygen atoms in total. The molecule has 1 heteroatoms. The van der Waals surface area contributed by atoms with E-state index in [2.05, 4.69) is 172 Å². The fourth-order valence-corrected chi connectivity index (χ4v) is 14.2. The Balaban J connectivity index is 1.07. The third-order valence-electron chi connectivity index (χ3n) is 16.4. The average Bonchev–Trinajstić information content (AvgIpc) is 3.84. The van der Waals surface area contributed by atoms with E-state index in [1.54, 1.807) is 11.1 Å². The lowest BCUT2D eigenvalue weighted by atomic mass is 9.27. The number of fused-ring (bicyclic) bond motifs is 9. The predicted molar refractivity (Wildman–Crippen MR) is 228 cm³/mol. The molecule has 4 fully saturated rings. The Hall–Kier alpha value is -4.88. The molecule has 6 aliphatic carbocycles. The largest absolute Gasteiger partial charge is 0.310 e. The Morgan fingerprint density at radius 3 is 1.95 bits per heavy atom. The smallest absolute Gasteiger partial charge is 0.0540 e. The van der Waals surface area contributed by atoms with Gasteiger partial charge >= 0.3 is 0 Å². The monoisotopic (exact) mass is 713 g/mol. The lowest BCUT2D eigenvalue weighted by molar-refractivity contribution is -0.231. The van der Waals surface area contributed by atoms with Crippen LogP contribution in [0.1, 0.15) is 88.5 Å². The second kappa shape index (κ2) is 10.9. The van der Waals surface area contributed by atoms with E-state index in [4.69, 9.17) is 0 Å². The van der Waals surface area contributed by atoms with Gasteiger partial charge in [0.05, 0.1) is 5.69 Å². The van der Waals surface area contributed by atoms with Gasteiger partial charge in [-0.25, -0.2) is 0 Å². The van der Waals surface area contributed by atoms with E-state index in [1.165, 1.54) is 100 Å². The molecule has 2 spiro atoms. The van der Waals surface area contributed by atoms with Crippen molar-refractivity contribution in [2.45, 2.75) is 82.5 Å². The Morgan fingerprint density at radius 1 is 0.491 bits per heavy atom. The highest BCUT2D eigenvalue weighted by molar-refractivity contribution is 5.92. The van der Waals surface area contributed by atoms with E-state index in [0.717, 1.165) is 23.7 Å². The summed E-state index contributed by atoms with van der Waals surface area (Å²) in [6.07, 6.45) is 8.23. The number of rotatable bonds is 5. The third-order valence-corrected chi connectivity index (χ3v) is 16.4. The molecule has 12 rings (SSSR count). The number of anilines is 3. The Morgan fingerprint density at radius 2 is 1.13 bits per heavy atom. The first-order valence-corrected chi connectivity index (χ1v) is 21.2. The molecule has 0 amide bonds. The molecule has 0 saturated heterocycles. The van der Waals surface area contributed by atoms with Gasteiger partial charge in [0.25, 0.3) is 0 Å². The van der Waals surface area contributed by atoms with Gasteiger partial charge in [0, 0.05) is 22.4 Å². The second-order valence-electron chi connectivity index (χ2n) is 19.6. The van der Waals surface area contributed by atoms with Crippen molar-refractivity contribution in [2.75, 3.05) is 4.90 Å². The van der Waals surface area contributed by atoms with E-state index in [-0.39, 0.29) is 16.2 Å². The summed E-state index contributed by atoms with van der Waals surface area (Å²) < 4.78 is 0. The van der Waals surface area contributed by atoms with Gasteiger partial charge in [-0.1, -0.05) is 137 Å². The van der Waals surface area contributed by atoms with Gasteiger partial charge in [0.1, 0.15) is 0 Å². The molecule has 6 aliphatic rings. The quantitative estimate of drug-likeness (QED) is 0.172. The molecule has 2 bridgehead atoms. The Kier molecular flexibility index (Phi) is 6.42. The molecule has 0 radical (unpaired) electrons. The van der Waals surface area contributed by atoms with Crippen molar-refractivity contribution in [3.63, 3.8) is 0 Å². The van der Waals surface area contributed by atoms with Crippen LogP contribution in [0, 0.1) is 29.1 Å². The Labute approximate surface area is 327 Å². The van der Waals surface area contributed by atoms with Crippen molar-refractivity contribution in [1.82, 2.24) is 0 Å². The van der Waals surface area contributed by atoms with Crippen LogP contribution in [0.5, 0.6) is 0 Å². The first-order chi connectivity index (χ1) is 26.7. The van der Waals surface area contributed by atoms with Crippen molar-refractivity contribution in [3.8, 4) is 33.4 Å². The predicted octanol–water partition coefficient (Wildman–Crippen LogP) is 14.2. The van der Waals surface area contributed by atoms with Crippen molar-refractivity contribution in [3.05, 3.63) is 162 Å². The molecule has 0 heterocycles. The van der Waals surface area contributed by atoms with Crippen LogP contribution in [-0.4, -0.2) is 0 Å². The zero-order valence-corrected chi connectivity index (χ0v) is 32.8. The molecule has 272 valence electrons. The van der Waals surface area contributed by atoms with Crippen LogP contribution >= 0.6 is 0 Å². The maximum Gasteiger partial charge on any atom is 0.0540 e. The molecule has 55 heavy (non-hydrogen) atoms. The molecule has 6 unspecified atom stereocenters. The van der Waals surface area contributed by atoms with E-state index < -0.39 is 0 Å². The fourth-order valence-electron chi connectivity index (χ4n) is 14.2. The third kappa shape index (κ3) is 4.05. The van der Waals surface area contributed by atoms with E-state index in [1.807, 2.05) is 0 Å². The summed E-state index contributed by atoms with van der Waals surface area (Å²) >= 11 is 0. The highest BCUT2D eigenvalue weighted by Crippen LogP contribution is 2.89. The second-order valence-corrected chi connectivity index (χ2v) is 19.6. The average molecular weight is 714 g/mol. The van der Waals surface area contributed by atoms with Crippen LogP contribution < -0.4 is 4.90 Å². The van der Waals surface area contributed by atoms with Gasteiger partial charge in [-0.15, -0.1) is 0 Å². The minimum atomic E-state index is 0.0872. The van der Waals surface area contributed by atoms with Gasteiger partial charge in [-0.05, 0) is 159 Å². The van der Waals surface area contributed by atoms with Crippen molar-refractivity contribution in [2.24, 2.45) is 29.1 Å². The van der Waals surface area contributed by atoms with E-state index in [0.29, 0.717) is 5.41 Å². The van der Waals surface area contributed by atoms with Crippen LogP contribution in [-0.2, 0) is 16.2 Å². The molecular formula is C54H51N. The van der Waals surface area contributed by atoms with Crippen LogP contribution in [0.4, 0.5) is 17.1 Å². The molecule has 6 atom stereocenters. The normalized spacial score (nSPS) is 29.1. The maximum absolute atomic E-state index is 2.66. The fraction of sp³-hybridized carbons (Fsp3) is 0.333. The summed E-state index contributed by atoms with van der Waals surface area (Å²) in [4.78, 5) is 2.60. The van der Waals surface area contributed by atoms with Gasteiger partial charge in [-0.3, -0.25) is 0 Å². The van der Waals surface area contributed by atoms with Gasteiger partial charge in [0.15, 0.2) is 0 Å². The molecule has 0 N–H and O–H groups in total. The summed E-state index contributed by atoms with van der Waals surface area (Å²) in [6.45, 7) is 9.83. The molecule has 6 aromatic rings. The molecule has 0 aromatic heterocycles. The van der Waals surface area contributed by atoms with Crippen molar-refractivity contribution < 1.29 is 0 Å². The lowest BCUT2D eigenvalue weighted by Crippen LogP contribution is -2.73.